The molecule has 3 heteroatoms. The van der Waals surface area contributed by atoms with Crippen LogP contribution in [0.2, 0.25) is 0 Å². The van der Waals surface area contributed by atoms with E-state index in [1.165, 1.54) is 25.7 Å². The molecule has 88 valence electrons. The zero-order valence-corrected chi connectivity index (χ0v) is 10.3. The molecule has 0 aromatic heterocycles. The van der Waals surface area contributed by atoms with Gasteiger partial charge >= 0.3 is 6.03 Å². The van der Waals surface area contributed by atoms with Crippen LogP contribution in [0.3, 0.4) is 0 Å². The molecule has 0 aromatic rings. The first kappa shape index (κ1) is 12.3. The Bertz CT molecular complexity index is 198. The maximum Gasteiger partial charge on any atom is 0.319 e. The van der Waals surface area contributed by atoms with Crippen molar-refractivity contribution < 1.29 is 4.79 Å². The first-order valence-corrected chi connectivity index (χ1v) is 6.19. The van der Waals surface area contributed by atoms with Crippen LogP contribution < -0.4 is 0 Å². The summed E-state index contributed by atoms with van der Waals surface area (Å²) in [4.78, 5) is 15.6. The van der Waals surface area contributed by atoms with Crippen LogP contribution in [0.4, 0.5) is 4.79 Å². The first-order valence-electron chi connectivity index (χ1n) is 6.19. The molecule has 2 amide bonds. The summed E-state index contributed by atoms with van der Waals surface area (Å²) < 4.78 is 0. The predicted molar refractivity (Wildman–Crippen MR) is 62.9 cm³/mol. The Morgan fingerprint density at radius 3 is 2.40 bits per heavy atom. The molecule has 3 nitrogen and oxygen atoms in total. The number of carbonyl (C=O) groups excluding carboxylic acids is 1. The van der Waals surface area contributed by atoms with Crippen LogP contribution in [0.25, 0.3) is 0 Å². The zero-order chi connectivity index (χ0) is 11.3. The molecule has 1 aliphatic rings. The van der Waals surface area contributed by atoms with Gasteiger partial charge in [0.2, 0.25) is 0 Å². The summed E-state index contributed by atoms with van der Waals surface area (Å²) in [6.07, 6.45) is 4.98. The van der Waals surface area contributed by atoms with E-state index >= 15 is 0 Å². The number of hydrogen-bond acceptors (Lipinski definition) is 1. The van der Waals surface area contributed by atoms with Gasteiger partial charge in [-0.2, -0.15) is 0 Å². The minimum atomic E-state index is 0.201. The second kappa shape index (κ2) is 5.99. The lowest BCUT2D eigenvalue weighted by atomic mass is 9.93. The number of rotatable bonds is 3. The molecular formula is C12H24N2O. The Balaban J connectivity index is 2.33. The molecule has 0 saturated carbocycles. The van der Waals surface area contributed by atoms with Crippen LogP contribution in [-0.4, -0.2) is 42.5 Å². The van der Waals surface area contributed by atoms with E-state index in [1.807, 2.05) is 18.9 Å². The summed E-state index contributed by atoms with van der Waals surface area (Å²) in [6.45, 7) is 6.96. The van der Waals surface area contributed by atoms with Crippen molar-refractivity contribution in [2.45, 2.75) is 39.5 Å². The normalized spacial score (nSPS) is 17.9. The third-order valence-electron chi connectivity index (χ3n) is 3.38. The highest BCUT2D eigenvalue weighted by atomic mass is 16.2. The molecule has 1 rings (SSSR count). The van der Waals surface area contributed by atoms with Crippen molar-refractivity contribution >= 4 is 6.03 Å². The highest BCUT2D eigenvalue weighted by molar-refractivity contribution is 5.74. The molecule has 0 atom stereocenters. The lowest BCUT2D eigenvalue weighted by molar-refractivity contribution is 0.140. The second-order valence-electron chi connectivity index (χ2n) is 4.52. The number of carbonyl (C=O) groups is 1. The number of amides is 2. The minimum Gasteiger partial charge on any atom is -0.328 e. The SMILES string of the molecule is CCCC1CCN(C(=O)N(C)CC)CC1. The quantitative estimate of drug-likeness (QED) is 0.705. The van der Waals surface area contributed by atoms with Gasteiger partial charge in [0.15, 0.2) is 0 Å². The van der Waals surface area contributed by atoms with E-state index in [4.69, 9.17) is 0 Å². The Morgan fingerprint density at radius 1 is 1.33 bits per heavy atom. The monoisotopic (exact) mass is 212 g/mol. The van der Waals surface area contributed by atoms with Crippen LogP contribution in [0, 0.1) is 5.92 Å². The fourth-order valence-corrected chi connectivity index (χ4v) is 2.20. The number of hydrogen-bond donors (Lipinski definition) is 0. The third kappa shape index (κ3) is 3.40. The lowest BCUT2D eigenvalue weighted by Gasteiger charge is -2.34. The molecule has 0 spiro atoms. The number of likely N-dealkylation sites (tertiary alicyclic amines) is 1. The van der Waals surface area contributed by atoms with Crippen LogP contribution in [0.15, 0.2) is 0 Å². The second-order valence-corrected chi connectivity index (χ2v) is 4.52. The van der Waals surface area contributed by atoms with E-state index in [0.717, 1.165) is 25.6 Å². The summed E-state index contributed by atoms with van der Waals surface area (Å²) >= 11 is 0. The van der Waals surface area contributed by atoms with Crippen molar-refractivity contribution in [3.63, 3.8) is 0 Å². The van der Waals surface area contributed by atoms with Gasteiger partial charge in [0.05, 0.1) is 0 Å². The fraction of sp³-hybridized carbons (Fsp3) is 0.917. The smallest absolute Gasteiger partial charge is 0.319 e. The summed E-state index contributed by atoms with van der Waals surface area (Å²) in [5.41, 5.74) is 0. The van der Waals surface area contributed by atoms with E-state index in [-0.39, 0.29) is 6.03 Å². The molecule has 1 saturated heterocycles. The van der Waals surface area contributed by atoms with Crippen LogP contribution in [-0.2, 0) is 0 Å². The summed E-state index contributed by atoms with van der Waals surface area (Å²) in [5, 5.41) is 0. The maximum absolute atomic E-state index is 11.8. The molecule has 0 bridgehead atoms. The van der Waals surface area contributed by atoms with Gasteiger partial charge in [-0.05, 0) is 25.7 Å². The van der Waals surface area contributed by atoms with E-state index in [0.29, 0.717) is 0 Å². The fourth-order valence-electron chi connectivity index (χ4n) is 2.20. The van der Waals surface area contributed by atoms with E-state index < -0.39 is 0 Å². The van der Waals surface area contributed by atoms with Gasteiger partial charge in [-0.1, -0.05) is 19.8 Å². The Labute approximate surface area is 93.4 Å². The van der Waals surface area contributed by atoms with Gasteiger partial charge in [-0.3, -0.25) is 0 Å². The van der Waals surface area contributed by atoms with Crippen molar-refractivity contribution in [3.05, 3.63) is 0 Å². The summed E-state index contributed by atoms with van der Waals surface area (Å²) in [5.74, 6) is 0.853. The Kier molecular flexibility index (Phi) is 4.92. The van der Waals surface area contributed by atoms with Crippen molar-refractivity contribution in [2.24, 2.45) is 5.92 Å². The molecule has 0 radical (unpaired) electrons. The molecular weight excluding hydrogens is 188 g/mol. The number of urea groups is 1. The van der Waals surface area contributed by atoms with Gasteiger partial charge in [0, 0.05) is 26.7 Å². The van der Waals surface area contributed by atoms with Crippen molar-refractivity contribution in [1.82, 2.24) is 9.80 Å². The number of piperidine rings is 1. The van der Waals surface area contributed by atoms with Gasteiger partial charge in [-0.15, -0.1) is 0 Å². The van der Waals surface area contributed by atoms with Gasteiger partial charge in [0.1, 0.15) is 0 Å². The highest BCUT2D eigenvalue weighted by Crippen LogP contribution is 2.22. The molecule has 0 aliphatic carbocycles. The highest BCUT2D eigenvalue weighted by Gasteiger charge is 2.23. The van der Waals surface area contributed by atoms with Crippen LogP contribution in [0.5, 0.6) is 0 Å². The maximum atomic E-state index is 11.8. The molecule has 0 N–H and O–H groups in total. The van der Waals surface area contributed by atoms with Crippen molar-refractivity contribution in [2.75, 3.05) is 26.7 Å². The molecule has 0 unspecified atom stereocenters. The minimum absolute atomic E-state index is 0.201. The number of nitrogens with zero attached hydrogens (tertiary/aromatic N) is 2. The summed E-state index contributed by atoms with van der Waals surface area (Å²) in [7, 11) is 1.88. The molecule has 15 heavy (non-hydrogen) atoms. The third-order valence-corrected chi connectivity index (χ3v) is 3.38. The van der Waals surface area contributed by atoms with Gasteiger partial charge in [-0.25, -0.2) is 4.79 Å². The van der Waals surface area contributed by atoms with Crippen molar-refractivity contribution in [1.29, 1.82) is 0 Å². The zero-order valence-electron chi connectivity index (χ0n) is 10.3. The predicted octanol–water partition coefficient (Wildman–Crippen LogP) is 2.57. The standard InChI is InChI=1S/C12H24N2O/c1-4-6-11-7-9-14(10-8-11)12(15)13(3)5-2/h11H,4-10H2,1-3H3. The summed E-state index contributed by atoms with van der Waals surface area (Å²) in [6, 6.07) is 0.201. The average Bonchev–Trinajstić information content (AvgIpc) is 2.28. The topological polar surface area (TPSA) is 23.6 Å². The lowest BCUT2D eigenvalue weighted by Crippen LogP contribution is -2.45. The molecule has 1 heterocycles. The molecule has 1 aliphatic heterocycles. The molecule has 1 fully saturated rings. The van der Waals surface area contributed by atoms with Crippen LogP contribution in [0.1, 0.15) is 39.5 Å². The Morgan fingerprint density at radius 2 is 1.93 bits per heavy atom. The van der Waals surface area contributed by atoms with Crippen LogP contribution >= 0.6 is 0 Å². The van der Waals surface area contributed by atoms with E-state index in [2.05, 4.69) is 6.92 Å². The van der Waals surface area contributed by atoms with E-state index in [1.54, 1.807) is 4.90 Å². The van der Waals surface area contributed by atoms with E-state index in [9.17, 15) is 4.79 Å². The van der Waals surface area contributed by atoms with Gasteiger partial charge < -0.3 is 9.80 Å². The Hall–Kier alpha value is -0.730. The van der Waals surface area contributed by atoms with Crippen molar-refractivity contribution in [3.8, 4) is 0 Å². The largest absolute Gasteiger partial charge is 0.328 e. The van der Waals surface area contributed by atoms with Gasteiger partial charge in [0.25, 0.3) is 0 Å². The average molecular weight is 212 g/mol. The first-order chi connectivity index (χ1) is 7.19. The molecule has 0 aromatic carbocycles.